The summed E-state index contributed by atoms with van der Waals surface area (Å²) < 4.78 is 47.0. The fourth-order valence-electron chi connectivity index (χ4n) is 3.52. The molecule has 0 aliphatic heterocycles. The Morgan fingerprint density at radius 3 is 2.25 bits per heavy atom. The van der Waals surface area contributed by atoms with Gasteiger partial charge in [-0.05, 0) is 79.3 Å². The van der Waals surface area contributed by atoms with Gasteiger partial charge in [0.2, 0.25) is 0 Å². The zero-order valence-corrected chi connectivity index (χ0v) is 19.0. The molecule has 3 aromatic rings. The third-order valence-corrected chi connectivity index (χ3v) is 6.48. The highest BCUT2D eigenvalue weighted by Crippen LogP contribution is 2.37. The molecule has 1 atom stereocenters. The molecule has 0 spiro atoms. The van der Waals surface area contributed by atoms with E-state index in [2.05, 4.69) is 0 Å². The van der Waals surface area contributed by atoms with Crippen molar-refractivity contribution in [3.63, 3.8) is 0 Å². The predicted molar refractivity (Wildman–Crippen MR) is 121 cm³/mol. The Morgan fingerprint density at radius 1 is 1.00 bits per heavy atom. The Kier molecular flexibility index (Phi) is 7.47. The zero-order valence-electron chi connectivity index (χ0n) is 18.2. The van der Waals surface area contributed by atoms with Crippen LogP contribution in [0.4, 0.5) is 8.78 Å². The molecule has 0 aromatic heterocycles. The maximum atomic E-state index is 14.8. The van der Waals surface area contributed by atoms with Crippen molar-refractivity contribution in [2.24, 2.45) is 0 Å². The molecular weight excluding hydrogens is 435 g/mol. The maximum Gasteiger partial charge on any atom is 0.319 e. The van der Waals surface area contributed by atoms with Gasteiger partial charge in [0.1, 0.15) is 23.1 Å². The second-order valence-electron chi connectivity index (χ2n) is 7.74. The average Bonchev–Trinajstić information content (AvgIpc) is 2.75. The molecule has 0 heterocycles. The molecule has 3 N–H and O–H groups in total. The van der Waals surface area contributed by atoms with Crippen molar-refractivity contribution in [3.8, 4) is 22.6 Å². The largest absolute Gasteiger partial charge is 0.457 e. The van der Waals surface area contributed by atoms with E-state index in [9.17, 15) is 18.2 Å². The fourth-order valence-corrected chi connectivity index (χ4v) is 4.37. The van der Waals surface area contributed by atoms with E-state index in [1.54, 1.807) is 32.0 Å². The molecule has 5 nitrogen and oxygen atoms in total. The number of halogens is 2. The number of hydrogen-bond donors (Lipinski definition) is 3. The highest BCUT2D eigenvalue weighted by atomic mass is 31.2. The summed E-state index contributed by atoms with van der Waals surface area (Å²) in [5, 5.41) is 10.3. The van der Waals surface area contributed by atoms with Gasteiger partial charge in [-0.25, -0.2) is 8.78 Å². The SMILES string of the molecule is CCCCc1ccc(-c2ccc(Oc3c(C)cc(P(=O)(O)NO)cc3C)cc2F)cc1F. The zero-order chi connectivity index (χ0) is 23.5. The first-order valence-corrected chi connectivity index (χ1v) is 11.9. The van der Waals surface area contributed by atoms with E-state index in [0.717, 1.165) is 12.8 Å². The molecule has 170 valence electrons. The minimum Gasteiger partial charge on any atom is -0.457 e. The van der Waals surface area contributed by atoms with Gasteiger partial charge in [-0.1, -0.05) is 25.5 Å². The lowest BCUT2D eigenvalue weighted by Crippen LogP contribution is -2.16. The van der Waals surface area contributed by atoms with Crippen molar-refractivity contribution >= 4 is 12.8 Å². The number of aryl methyl sites for hydroxylation is 3. The minimum absolute atomic E-state index is 0.0216. The molecule has 32 heavy (non-hydrogen) atoms. The third kappa shape index (κ3) is 5.25. The average molecular weight is 461 g/mol. The number of nitrogens with one attached hydrogen (secondary N) is 1. The first-order valence-electron chi connectivity index (χ1n) is 10.3. The van der Waals surface area contributed by atoms with E-state index in [1.807, 2.05) is 6.92 Å². The summed E-state index contributed by atoms with van der Waals surface area (Å²) in [6.07, 6.45) is 2.51. The molecule has 0 amide bonds. The lowest BCUT2D eigenvalue weighted by molar-refractivity contribution is 0.226. The lowest BCUT2D eigenvalue weighted by Gasteiger charge is -2.16. The number of rotatable bonds is 8. The number of unbranched alkanes of at least 4 members (excludes halogenated alkanes) is 1. The van der Waals surface area contributed by atoms with E-state index < -0.39 is 13.3 Å². The lowest BCUT2D eigenvalue weighted by atomic mass is 10.0. The second kappa shape index (κ2) is 9.92. The maximum absolute atomic E-state index is 14.8. The van der Waals surface area contributed by atoms with Crippen LogP contribution in [0.5, 0.6) is 11.5 Å². The third-order valence-electron chi connectivity index (χ3n) is 5.25. The summed E-state index contributed by atoms with van der Waals surface area (Å²) >= 11 is 0. The van der Waals surface area contributed by atoms with Crippen LogP contribution < -0.4 is 15.3 Å². The molecule has 1 unspecified atom stereocenters. The van der Waals surface area contributed by atoms with Crippen LogP contribution in [-0.2, 0) is 11.0 Å². The van der Waals surface area contributed by atoms with Gasteiger partial charge in [0.25, 0.3) is 0 Å². The van der Waals surface area contributed by atoms with Crippen molar-refractivity contribution < 1.29 is 28.2 Å². The van der Waals surface area contributed by atoms with Crippen LogP contribution in [0.2, 0.25) is 0 Å². The van der Waals surface area contributed by atoms with Gasteiger partial charge < -0.3 is 14.8 Å². The number of benzene rings is 3. The summed E-state index contributed by atoms with van der Waals surface area (Å²) in [5.74, 6) is -0.261. The molecule has 0 fully saturated rings. The van der Waals surface area contributed by atoms with Crippen LogP contribution in [0.15, 0.2) is 48.5 Å². The van der Waals surface area contributed by atoms with E-state index in [-0.39, 0.29) is 22.4 Å². The Balaban J connectivity index is 1.86. The normalized spacial score (nSPS) is 13.1. The Bertz CT molecular complexity index is 1160. The summed E-state index contributed by atoms with van der Waals surface area (Å²) in [5.41, 5.74) is 2.41. The van der Waals surface area contributed by atoms with Crippen molar-refractivity contribution in [2.75, 3.05) is 0 Å². The Hall–Kier alpha value is -2.57. The smallest absolute Gasteiger partial charge is 0.319 e. The van der Waals surface area contributed by atoms with Gasteiger partial charge in [0, 0.05) is 11.6 Å². The van der Waals surface area contributed by atoms with Crippen molar-refractivity contribution in [1.29, 1.82) is 0 Å². The van der Waals surface area contributed by atoms with Crippen molar-refractivity contribution in [1.82, 2.24) is 5.25 Å². The van der Waals surface area contributed by atoms with E-state index in [0.29, 0.717) is 34.4 Å². The van der Waals surface area contributed by atoms with Gasteiger partial charge >= 0.3 is 7.52 Å². The Morgan fingerprint density at radius 2 is 1.69 bits per heavy atom. The van der Waals surface area contributed by atoms with Crippen molar-refractivity contribution in [2.45, 2.75) is 40.0 Å². The van der Waals surface area contributed by atoms with E-state index >= 15 is 0 Å². The van der Waals surface area contributed by atoms with Gasteiger partial charge in [0.15, 0.2) is 0 Å². The summed E-state index contributed by atoms with van der Waals surface area (Å²) in [7, 11) is -4.09. The molecule has 0 aliphatic carbocycles. The monoisotopic (exact) mass is 461 g/mol. The van der Waals surface area contributed by atoms with Crippen LogP contribution in [0.3, 0.4) is 0 Å². The fraction of sp³-hybridized carbons (Fsp3) is 0.250. The minimum atomic E-state index is -4.09. The molecular formula is C24H26F2NO4P. The first-order chi connectivity index (χ1) is 15.2. The predicted octanol–water partition coefficient (Wildman–Crippen LogP) is 6.17. The molecule has 0 saturated carbocycles. The molecule has 0 bridgehead atoms. The van der Waals surface area contributed by atoms with Gasteiger partial charge in [-0.3, -0.25) is 4.57 Å². The molecule has 3 rings (SSSR count). The van der Waals surface area contributed by atoms with E-state index in [4.69, 9.17) is 9.94 Å². The van der Waals surface area contributed by atoms with E-state index in [1.165, 1.54) is 35.6 Å². The topological polar surface area (TPSA) is 78.8 Å². The standard InChI is InChI=1S/C24H26F2NO4P/c1-4-5-6-17-7-8-18(13-22(17)25)21-10-9-19(14-23(21)26)31-24-15(2)11-20(12-16(24)3)32(29,30)27-28/h7-14,28H,4-6H2,1-3H3,(H2,27,29,30). The van der Waals surface area contributed by atoms with Crippen LogP contribution >= 0.6 is 7.52 Å². The van der Waals surface area contributed by atoms with Gasteiger partial charge in [-0.15, -0.1) is 5.25 Å². The summed E-state index contributed by atoms with van der Waals surface area (Å²) in [6.45, 7) is 5.40. The summed E-state index contributed by atoms with van der Waals surface area (Å²) in [6, 6.07) is 11.9. The number of ether oxygens (including phenoxy) is 1. The van der Waals surface area contributed by atoms with Crippen LogP contribution in [0.1, 0.15) is 36.5 Å². The van der Waals surface area contributed by atoms with Crippen LogP contribution in [0, 0.1) is 25.5 Å². The molecule has 0 aliphatic rings. The molecule has 0 radical (unpaired) electrons. The van der Waals surface area contributed by atoms with Gasteiger partial charge in [-0.2, -0.15) is 0 Å². The highest BCUT2D eigenvalue weighted by molar-refractivity contribution is 7.63. The summed E-state index contributed by atoms with van der Waals surface area (Å²) in [4.78, 5) is 9.76. The second-order valence-corrected chi connectivity index (χ2v) is 9.61. The molecule has 3 aromatic carbocycles. The molecule has 0 saturated heterocycles. The van der Waals surface area contributed by atoms with Crippen LogP contribution in [0.25, 0.3) is 11.1 Å². The quantitative estimate of drug-likeness (QED) is 0.276. The van der Waals surface area contributed by atoms with Crippen LogP contribution in [-0.4, -0.2) is 10.1 Å². The number of hydrogen-bond acceptors (Lipinski definition) is 3. The van der Waals surface area contributed by atoms with Crippen molar-refractivity contribution in [3.05, 3.63) is 76.9 Å². The highest BCUT2D eigenvalue weighted by Gasteiger charge is 2.22. The molecule has 8 heteroatoms. The van der Waals surface area contributed by atoms with Gasteiger partial charge in [0.05, 0.1) is 5.30 Å². The first kappa shape index (κ1) is 24.1. The Labute approximate surface area is 186 Å².